The number of amides is 1. The van der Waals surface area contributed by atoms with Crippen LogP contribution in [0.25, 0.3) is 0 Å². The van der Waals surface area contributed by atoms with Crippen LogP contribution < -0.4 is 10.6 Å². The van der Waals surface area contributed by atoms with Crippen LogP contribution in [0.2, 0.25) is 0 Å². The first kappa shape index (κ1) is 16.8. The van der Waals surface area contributed by atoms with E-state index in [2.05, 4.69) is 10.6 Å². The maximum absolute atomic E-state index is 12.1. The van der Waals surface area contributed by atoms with Crippen molar-refractivity contribution < 1.29 is 9.53 Å². The second-order valence-corrected chi connectivity index (χ2v) is 5.71. The molecule has 0 saturated carbocycles. The smallest absolute Gasteiger partial charge is 0.410 e. The minimum Gasteiger partial charge on any atom is -0.445 e. The first-order valence-corrected chi connectivity index (χ1v) is 8.13. The van der Waals surface area contributed by atoms with Crippen molar-refractivity contribution in [3.8, 4) is 0 Å². The van der Waals surface area contributed by atoms with Gasteiger partial charge in [0.2, 0.25) is 0 Å². The van der Waals surface area contributed by atoms with Crippen molar-refractivity contribution >= 4 is 6.09 Å². The number of nitrogens with zero attached hydrogens (tertiary/aromatic N) is 1. The quantitative estimate of drug-likeness (QED) is 0.757. The van der Waals surface area contributed by atoms with E-state index in [1.807, 2.05) is 42.3 Å². The van der Waals surface area contributed by atoms with Gasteiger partial charge in [-0.2, -0.15) is 0 Å². The number of benzene rings is 1. The number of carbonyl (C=O) groups excluding carboxylic acids is 1. The summed E-state index contributed by atoms with van der Waals surface area (Å²) in [6, 6.07) is 10.3. The highest BCUT2D eigenvalue weighted by Gasteiger charge is 2.23. The van der Waals surface area contributed by atoms with Crippen molar-refractivity contribution in [2.24, 2.45) is 0 Å². The predicted octanol–water partition coefficient (Wildman–Crippen LogP) is 1.99. The van der Waals surface area contributed by atoms with E-state index in [1.165, 1.54) is 0 Å². The molecule has 1 fully saturated rings. The van der Waals surface area contributed by atoms with Gasteiger partial charge in [-0.05, 0) is 45.0 Å². The average Bonchev–Trinajstić information content (AvgIpc) is 2.58. The molecule has 122 valence electrons. The van der Waals surface area contributed by atoms with Crippen LogP contribution in [0.1, 0.15) is 24.8 Å². The van der Waals surface area contributed by atoms with Gasteiger partial charge in [0.1, 0.15) is 6.61 Å². The van der Waals surface area contributed by atoms with Crippen molar-refractivity contribution in [3.63, 3.8) is 0 Å². The van der Waals surface area contributed by atoms with Gasteiger partial charge in [-0.3, -0.25) is 0 Å². The van der Waals surface area contributed by atoms with E-state index in [4.69, 9.17) is 4.74 Å². The van der Waals surface area contributed by atoms with Crippen molar-refractivity contribution in [1.29, 1.82) is 0 Å². The molecule has 0 aliphatic carbocycles. The minimum absolute atomic E-state index is 0.197. The second kappa shape index (κ2) is 9.43. The molecule has 0 radical (unpaired) electrons. The van der Waals surface area contributed by atoms with E-state index >= 15 is 0 Å². The van der Waals surface area contributed by atoms with Gasteiger partial charge in [0.25, 0.3) is 0 Å². The van der Waals surface area contributed by atoms with Crippen LogP contribution >= 0.6 is 0 Å². The van der Waals surface area contributed by atoms with Gasteiger partial charge < -0.3 is 20.3 Å². The highest BCUT2D eigenvalue weighted by atomic mass is 16.6. The third-order valence-corrected chi connectivity index (χ3v) is 3.99. The molecule has 0 bridgehead atoms. The van der Waals surface area contributed by atoms with Crippen LogP contribution in [0.4, 0.5) is 4.79 Å². The van der Waals surface area contributed by atoms with Crippen LogP contribution in [0.15, 0.2) is 30.3 Å². The number of nitrogens with one attached hydrogen (secondary N) is 2. The summed E-state index contributed by atoms with van der Waals surface area (Å²) < 4.78 is 5.37. The molecule has 0 aromatic heterocycles. The Labute approximate surface area is 133 Å². The standard InChI is InChI=1S/C17H27N3O2/c1-18-10-5-11-19-16-8-12-20(13-9-16)17(21)22-14-15-6-3-2-4-7-15/h2-4,6-7,16,18-19H,5,8-14H2,1H3. The Balaban J connectivity index is 1.62. The van der Waals surface area contributed by atoms with Crippen LogP contribution in [0.5, 0.6) is 0 Å². The van der Waals surface area contributed by atoms with Crippen molar-refractivity contribution in [1.82, 2.24) is 15.5 Å². The molecular weight excluding hydrogens is 278 g/mol. The lowest BCUT2D eigenvalue weighted by atomic mass is 10.1. The summed E-state index contributed by atoms with van der Waals surface area (Å²) in [5.41, 5.74) is 1.02. The number of hydrogen-bond donors (Lipinski definition) is 2. The van der Waals surface area contributed by atoms with E-state index in [9.17, 15) is 4.79 Å². The summed E-state index contributed by atoms with van der Waals surface area (Å²) in [5.74, 6) is 0. The molecule has 1 aliphatic rings. The molecule has 1 aromatic carbocycles. The van der Waals surface area contributed by atoms with Gasteiger partial charge in [0.05, 0.1) is 0 Å². The zero-order valence-corrected chi connectivity index (χ0v) is 13.4. The Morgan fingerprint density at radius 3 is 2.64 bits per heavy atom. The molecule has 5 heteroatoms. The van der Waals surface area contributed by atoms with Crippen LogP contribution in [0, 0.1) is 0 Å². The largest absolute Gasteiger partial charge is 0.445 e. The summed E-state index contributed by atoms with van der Waals surface area (Å²) in [6.07, 6.45) is 2.94. The van der Waals surface area contributed by atoms with E-state index in [0.717, 1.165) is 51.0 Å². The SMILES string of the molecule is CNCCCNC1CCN(C(=O)OCc2ccccc2)CC1. The average molecular weight is 305 g/mol. The van der Waals surface area contributed by atoms with Gasteiger partial charge in [-0.25, -0.2) is 4.79 Å². The molecule has 2 rings (SSSR count). The lowest BCUT2D eigenvalue weighted by Crippen LogP contribution is -2.45. The van der Waals surface area contributed by atoms with Gasteiger partial charge in [0, 0.05) is 19.1 Å². The minimum atomic E-state index is -0.197. The maximum Gasteiger partial charge on any atom is 0.410 e. The Morgan fingerprint density at radius 2 is 1.95 bits per heavy atom. The summed E-state index contributed by atoms with van der Waals surface area (Å²) in [4.78, 5) is 13.9. The number of rotatable bonds is 7. The van der Waals surface area contributed by atoms with E-state index < -0.39 is 0 Å². The number of carbonyl (C=O) groups is 1. The second-order valence-electron chi connectivity index (χ2n) is 5.71. The first-order valence-electron chi connectivity index (χ1n) is 8.13. The van der Waals surface area contributed by atoms with Crippen molar-refractivity contribution in [2.75, 3.05) is 33.2 Å². The molecule has 0 spiro atoms. The zero-order valence-electron chi connectivity index (χ0n) is 13.4. The Bertz CT molecular complexity index is 431. The summed E-state index contributed by atoms with van der Waals surface area (Å²) in [7, 11) is 1.97. The summed E-state index contributed by atoms with van der Waals surface area (Å²) in [6.45, 7) is 3.97. The Morgan fingerprint density at radius 1 is 1.23 bits per heavy atom. The lowest BCUT2D eigenvalue weighted by molar-refractivity contribution is 0.0853. The van der Waals surface area contributed by atoms with Crippen molar-refractivity contribution in [3.05, 3.63) is 35.9 Å². The number of hydrogen-bond acceptors (Lipinski definition) is 4. The summed E-state index contributed by atoms with van der Waals surface area (Å²) >= 11 is 0. The van der Waals surface area contributed by atoms with E-state index in [1.54, 1.807) is 0 Å². The molecule has 1 saturated heterocycles. The van der Waals surface area contributed by atoms with Crippen LogP contribution in [-0.4, -0.2) is 50.3 Å². The molecule has 0 unspecified atom stereocenters. The molecule has 22 heavy (non-hydrogen) atoms. The molecule has 1 aromatic rings. The van der Waals surface area contributed by atoms with Crippen molar-refractivity contribution in [2.45, 2.75) is 31.9 Å². The van der Waals surface area contributed by atoms with Gasteiger partial charge in [0.15, 0.2) is 0 Å². The van der Waals surface area contributed by atoms with Crippen LogP contribution in [-0.2, 0) is 11.3 Å². The molecule has 2 N–H and O–H groups in total. The normalized spacial score (nSPS) is 15.8. The fourth-order valence-electron chi connectivity index (χ4n) is 2.65. The van der Waals surface area contributed by atoms with E-state index in [-0.39, 0.29) is 6.09 Å². The monoisotopic (exact) mass is 305 g/mol. The highest BCUT2D eigenvalue weighted by molar-refractivity contribution is 5.67. The lowest BCUT2D eigenvalue weighted by Gasteiger charge is -2.31. The Hall–Kier alpha value is -1.59. The molecule has 1 heterocycles. The molecule has 0 atom stereocenters. The first-order chi connectivity index (χ1) is 10.8. The maximum atomic E-state index is 12.1. The van der Waals surface area contributed by atoms with E-state index in [0.29, 0.717) is 12.6 Å². The van der Waals surface area contributed by atoms with Crippen LogP contribution in [0.3, 0.4) is 0 Å². The number of likely N-dealkylation sites (tertiary alicyclic amines) is 1. The molecular formula is C17H27N3O2. The number of piperidine rings is 1. The third kappa shape index (κ3) is 5.66. The molecule has 5 nitrogen and oxygen atoms in total. The van der Waals surface area contributed by atoms with Gasteiger partial charge >= 0.3 is 6.09 Å². The molecule has 1 amide bonds. The topological polar surface area (TPSA) is 53.6 Å². The van der Waals surface area contributed by atoms with Gasteiger partial charge in [-0.15, -0.1) is 0 Å². The van der Waals surface area contributed by atoms with Gasteiger partial charge in [-0.1, -0.05) is 30.3 Å². The number of ether oxygens (including phenoxy) is 1. The third-order valence-electron chi connectivity index (χ3n) is 3.99. The molecule has 1 aliphatic heterocycles. The fourth-order valence-corrected chi connectivity index (χ4v) is 2.65. The Kier molecular flexibility index (Phi) is 7.19. The highest BCUT2D eigenvalue weighted by Crippen LogP contribution is 2.12. The fraction of sp³-hybridized carbons (Fsp3) is 0.588. The zero-order chi connectivity index (χ0) is 15.6. The summed E-state index contributed by atoms with van der Waals surface area (Å²) in [5, 5.41) is 6.70. The predicted molar refractivity (Wildman–Crippen MR) is 87.8 cm³/mol.